The second-order valence-electron chi connectivity index (χ2n) is 26.4. The lowest BCUT2D eigenvalue weighted by Crippen LogP contribution is -2.55. The number of carbonyl (C=O) groups excluding carboxylic acids is 5. The number of sulfone groups is 1. The molecule has 25 heteroatoms. The number of nitrogens with one attached hydrogen (secondary N) is 3. The van der Waals surface area contributed by atoms with E-state index in [1.165, 1.54) is 34.5 Å². The number of amides is 5. The van der Waals surface area contributed by atoms with Crippen LogP contribution in [0.3, 0.4) is 0 Å². The van der Waals surface area contributed by atoms with Gasteiger partial charge in [0.25, 0.3) is 37.6 Å². The van der Waals surface area contributed by atoms with E-state index < -0.39 is 82.5 Å². The number of piperidine rings is 2. The van der Waals surface area contributed by atoms with Gasteiger partial charge in [-0.2, -0.15) is 13.2 Å². The number of benzene rings is 5. The van der Waals surface area contributed by atoms with Crippen molar-refractivity contribution in [2.75, 3.05) is 99.4 Å². The van der Waals surface area contributed by atoms with Crippen molar-refractivity contribution in [1.82, 2.24) is 29.6 Å². The number of carbonyl (C=O) groups is 5. The summed E-state index contributed by atoms with van der Waals surface area (Å²) in [6.07, 6.45) is 6.84. The monoisotopic (exact) mass is 1350 g/mol. The number of thioether (sulfide) groups is 1. The Hall–Kier alpha value is -6.80. The number of anilines is 3. The molecular formula is C68H77ClF3N9O9S3. The standard InChI is InChI=1S/C68H77ClF3N9O9S3/c1-67(2)27-23-54(45-11-15-49(69)16-12-45)48(39-67)41-78-33-36-80-51(42-78)17-13-46-37-47(14-20-57(46)80)63(83)75-93(89,90)53-18-19-56(60(38-53)92(87,88)68(70,71)72)73-50(43-91-52-7-4-3-5-8-52)26-30-76-28-24-44(25-29-76)40-77-31-34-79(35-32-77)58-10-6-9-55-62(58)66(86)81(65(55)85)59-21-22-61(82)74-64(59)84/h3-12,14-16,18-20,37-38,44,50-51,59,73H,13,17,21-36,39-43H2,1-2H3,(H,75,83)(H,74,82,84)/t50-,51?,59?/m1/s1. The Morgan fingerprint density at radius 2 is 1.51 bits per heavy atom. The smallest absolute Gasteiger partial charge is 0.380 e. The summed E-state index contributed by atoms with van der Waals surface area (Å²) >= 11 is 7.70. The zero-order chi connectivity index (χ0) is 65.6. The van der Waals surface area contributed by atoms with E-state index in [1.807, 2.05) is 59.3 Å². The number of hydrogen-bond acceptors (Lipinski definition) is 16. The van der Waals surface area contributed by atoms with Crippen LogP contribution >= 0.6 is 23.4 Å². The van der Waals surface area contributed by atoms with Gasteiger partial charge >= 0.3 is 5.51 Å². The molecule has 3 N–H and O–H groups in total. The quantitative estimate of drug-likeness (QED) is 0.0519. The van der Waals surface area contributed by atoms with Crippen molar-refractivity contribution in [3.63, 3.8) is 0 Å². The first-order chi connectivity index (χ1) is 44.4. The zero-order valence-electron chi connectivity index (χ0n) is 52.1. The molecule has 4 fully saturated rings. The average molecular weight is 1350 g/mol. The Labute approximate surface area is 550 Å². The lowest BCUT2D eigenvalue weighted by atomic mass is 9.72. The molecule has 0 aromatic heterocycles. The van der Waals surface area contributed by atoms with Gasteiger partial charge in [-0.15, -0.1) is 11.8 Å². The lowest BCUT2D eigenvalue weighted by Gasteiger charge is -2.47. The minimum absolute atomic E-state index is 0.0318. The molecule has 4 saturated heterocycles. The maximum atomic E-state index is 14.6. The number of rotatable bonds is 19. The number of nitrogens with zero attached hydrogens (tertiary/aromatic N) is 6. The first-order valence-corrected chi connectivity index (χ1v) is 36.3. The predicted molar refractivity (Wildman–Crippen MR) is 353 cm³/mol. The average Bonchev–Trinajstić information content (AvgIpc) is 1.57. The number of piperazine rings is 2. The summed E-state index contributed by atoms with van der Waals surface area (Å²) in [5.74, 6) is -2.50. The summed E-state index contributed by atoms with van der Waals surface area (Å²) in [5, 5.41) is 6.03. The summed E-state index contributed by atoms with van der Waals surface area (Å²) in [6.45, 7) is 13.5. The van der Waals surface area contributed by atoms with Crippen LogP contribution in [0.4, 0.5) is 30.2 Å². The SMILES string of the molecule is CC1(C)CCC(c2ccc(Cl)cc2)=C(CN2CCN3c4ccc(C(=O)NS(=O)(=O)c5ccc(N[C@H](CCN6CCC(CN7CCN(c8cccc9c8C(=O)N(C8CCC(=O)NC8=O)C9=O)CC7)CC6)CSc6ccccc6)c(S(=O)(=O)C(F)(F)F)c5)cc4CCC3C2)C1. The number of likely N-dealkylation sites (tertiary alicyclic amines) is 1. The van der Waals surface area contributed by atoms with Gasteiger partial charge in [0.05, 0.1) is 27.4 Å². The molecule has 494 valence electrons. The van der Waals surface area contributed by atoms with E-state index in [1.54, 1.807) is 18.2 Å². The van der Waals surface area contributed by atoms with Crippen molar-refractivity contribution in [1.29, 1.82) is 0 Å². The molecule has 0 spiro atoms. The second-order valence-corrected chi connectivity index (χ2v) is 31.5. The molecular weight excluding hydrogens is 1280 g/mol. The van der Waals surface area contributed by atoms with Crippen LogP contribution in [0.15, 0.2) is 129 Å². The van der Waals surface area contributed by atoms with E-state index >= 15 is 0 Å². The molecule has 6 aliphatic heterocycles. The molecule has 0 bridgehead atoms. The van der Waals surface area contributed by atoms with E-state index in [-0.39, 0.29) is 41.0 Å². The largest absolute Gasteiger partial charge is 0.501 e. The number of alkyl halides is 3. The number of halogens is 4. The fourth-order valence-electron chi connectivity index (χ4n) is 14.5. The molecule has 18 nitrogen and oxygen atoms in total. The Morgan fingerprint density at radius 1 is 0.763 bits per heavy atom. The summed E-state index contributed by atoms with van der Waals surface area (Å²) in [5.41, 5.74) is 1.05. The summed E-state index contributed by atoms with van der Waals surface area (Å²) in [4.78, 5) is 77.1. The van der Waals surface area contributed by atoms with Crippen LogP contribution in [0.5, 0.6) is 0 Å². The van der Waals surface area contributed by atoms with Gasteiger partial charge in [0.15, 0.2) is 0 Å². The van der Waals surface area contributed by atoms with Crippen molar-refractivity contribution in [3.8, 4) is 0 Å². The highest BCUT2D eigenvalue weighted by atomic mass is 35.5. The van der Waals surface area contributed by atoms with Crippen molar-refractivity contribution in [2.24, 2.45) is 11.3 Å². The molecule has 1 aliphatic carbocycles. The highest BCUT2D eigenvalue weighted by Gasteiger charge is 2.49. The van der Waals surface area contributed by atoms with Gasteiger partial charge in [0.2, 0.25) is 11.8 Å². The molecule has 5 aromatic rings. The molecule has 2 unspecified atom stereocenters. The maximum absolute atomic E-state index is 14.6. The van der Waals surface area contributed by atoms with E-state index in [0.29, 0.717) is 74.0 Å². The number of allylic oxidation sites excluding steroid dienone is 1. The molecule has 5 aromatic carbocycles. The third kappa shape index (κ3) is 14.6. The van der Waals surface area contributed by atoms with Crippen LogP contribution in [0.25, 0.3) is 5.57 Å². The molecule has 12 rings (SSSR count). The maximum Gasteiger partial charge on any atom is 0.501 e. The topological polar surface area (TPSA) is 209 Å². The van der Waals surface area contributed by atoms with Gasteiger partial charge in [-0.1, -0.05) is 67.4 Å². The lowest BCUT2D eigenvalue weighted by molar-refractivity contribution is -0.136. The van der Waals surface area contributed by atoms with Crippen molar-refractivity contribution in [3.05, 3.63) is 148 Å². The van der Waals surface area contributed by atoms with Gasteiger partial charge in [-0.05, 0) is 172 Å². The molecule has 93 heavy (non-hydrogen) atoms. The Kier molecular flexibility index (Phi) is 19.3. The van der Waals surface area contributed by atoms with Crippen LogP contribution in [0.2, 0.25) is 5.02 Å². The second kappa shape index (κ2) is 27.1. The summed E-state index contributed by atoms with van der Waals surface area (Å²) in [7, 11) is -11.1. The van der Waals surface area contributed by atoms with E-state index in [4.69, 9.17) is 11.6 Å². The number of aryl methyl sites for hydroxylation is 1. The summed E-state index contributed by atoms with van der Waals surface area (Å²) < 4.78 is 101. The fraction of sp³-hybridized carbons (Fsp3) is 0.456. The van der Waals surface area contributed by atoms with Gasteiger partial charge in [-0.25, -0.2) is 21.6 Å². The Morgan fingerprint density at radius 3 is 2.24 bits per heavy atom. The molecule has 6 heterocycles. The zero-order valence-corrected chi connectivity index (χ0v) is 55.3. The van der Waals surface area contributed by atoms with Gasteiger partial charge in [-0.3, -0.25) is 44.0 Å². The number of sulfonamides is 1. The van der Waals surface area contributed by atoms with E-state index in [9.17, 15) is 54.0 Å². The van der Waals surface area contributed by atoms with Crippen LogP contribution in [-0.4, -0.2) is 174 Å². The Bertz CT molecular complexity index is 3970. The van der Waals surface area contributed by atoms with Crippen LogP contribution in [0.1, 0.15) is 114 Å². The number of fused-ring (bicyclic) bond motifs is 4. The van der Waals surface area contributed by atoms with Crippen LogP contribution in [-0.2, 0) is 35.9 Å². The van der Waals surface area contributed by atoms with Gasteiger partial charge in [0, 0.05) is 111 Å². The third-order valence-electron chi connectivity index (χ3n) is 19.6. The highest BCUT2D eigenvalue weighted by molar-refractivity contribution is 7.99. The van der Waals surface area contributed by atoms with Crippen molar-refractivity contribution < 1.29 is 54.0 Å². The minimum atomic E-state index is -6.15. The minimum Gasteiger partial charge on any atom is -0.380 e. The molecule has 7 aliphatic rings. The molecule has 0 radical (unpaired) electrons. The van der Waals surface area contributed by atoms with E-state index in [2.05, 4.69) is 61.1 Å². The number of hydrogen-bond donors (Lipinski definition) is 3. The first-order valence-electron chi connectivity index (χ1n) is 32.0. The Balaban J connectivity index is 0.667. The van der Waals surface area contributed by atoms with E-state index in [0.717, 1.165) is 118 Å². The predicted octanol–water partition coefficient (Wildman–Crippen LogP) is 9.75. The first kappa shape index (κ1) is 66.2. The summed E-state index contributed by atoms with van der Waals surface area (Å²) in [6, 6.07) is 28.7. The van der Waals surface area contributed by atoms with Crippen molar-refractivity contribution in [2.45, 2.75) is 116 Å². The molecule has 0 saturated carbocycles. The number of imide groups is 2. The molecule has 3 atom stereocenters. The third-order valence-corrected chi connectivity index (χ3v) is 23.8. The highest BCUT2D eigenvalue weighted by Crippen LogP contribution is 2.44. The van der Waals surface area contributed by atoms with Crippen LogP contribution in [0, 0.1) is 11.3 Å². The van der Waals surface area contributed by atoms with Gasteiger partial charge < -0.3 is 20.0 Å². The van der Waals surface area contributed by atoms with Gasteiger partial charge in [0.1, 0.15) is 10.9 Å². The molecule has 5 amide bonds. The van der Waals surface area contributed by atoms with Crippen LogP contribution < -0.4 is 25.2 Å². The normalized spacial score (nSPS) is 21.5. The van der Waals surface area contributed by atoms with Crippen molar-refractivity contribution >= 4 is 95.4 Å². The fourth-order valence-corrected chi connectivity index (χ4v) is 17.7.